The van der Waals surface area contributed by atoms with Crippen LogP contribution < -0.4 is 11.1 Å². The molecule has 0 unspecified atom stereocenters. The second-order valence-corrected chi connectivity index (χ2v) is 5.28. The fraction of sp³-hybridized carbons (Fsp3) is 0.167. The van der Waals surface area contributed by atoms with Crippen molar-refractivity contribution in [1.29, 1.82) is 0 Å². The number of anilines is 1. The summed E-state index contributed by atoms with van der Waals surface area (Å²) in [6.07, 6.45) is 3.53. The van der Waals surface area contributed by atoms with Crippen LogP contribution in [0.1, 0.15) is 11.1 Å². The molecule has 4 N–H and O–H groups in total. The van der Waals surface area contributed by atoms with Gasteiger partial charge in [-0.2, -0.15) is 0 Å². The molecule has 2 aromatic carbocycles. The maximum absolute atomic E-state index is 10.8. The fourth-order valence-electron chi connectivity index (χ4n) is 2.66. The molecule has 1 aromatic heterocycles. The largest absolute Gasteiger partial charge is 0.361 e. The zero-order valence-electron chi connectivity index (χ0n) is 12.3. The lowest BCUT2D eigenvalue weighted by Gasteiger charge is -1.93. The molecule has 0 aliphatic carbocycles. The lowest BCUT2D eigenvalue weighted by molar-refractivity contribution is -0.115. The minimum absolute atomic E-state index is 0.0983. The highest BCUT2D eigenvalue weighted by Gasteiger charge is 2.15. The first kappa shape index (κ1) is 14.4. The van der Waals surface area contributed by atoms with Gasteiger partial charge >= 0.3 is 0 Å². The monoisotopic (exact) mass is 293 g/mol. The van der Waals surface area contributed by atoms with Gasteiger partial charge in [-0.1, -0.05) is 36.4 Å². The van der Waals surface area contributed by atoms with Crippen molar-refractivity contribution in [2.75, 3.05) is 11.9 Å². The summed E-state index contributed by atoms with van der Waals surface area (Å²) in [6, 6.07) is 16.0. The van der Waals surface area contributed by atoms with Crippen molar-refractivity contribution in [2.24, 2.45) is 5.73 Å². The predicted octanol–water partition coefficient (Wildman–Crippen LogP) is 2.85. The summed E-state index contributed by atoms with van der Waals surface area (Å²) in [7, 11) is 0. The van der Waals surface area contributed by atoms with E-state index in [2.05, 4.69) is 28.5 Å². The molecule has 22 heavy (non-hydrogen) atoms. The van der Waals surface area contributed by atoms with Gasteiger partial charge in [0.05, 0.1) is 6.42 Å². The van der Waals surface area contributed by atoms with Gasteiger partial charge in [-0.3, -0.25) is 4.79 Å². The molecule has 0 radical (unpaired) electrons. The van der Waals surface area contributed by atoms with Crippen molar-refractivity contribution >= 4 is 22.5 Å². The Labute approximate surface area is 129 Å². The van der Waals surface area contributed by atoms with Crippen LogP contribution in [-0.4, -0.2) is 17.4 Å². The number of hydrogen-bond donors (Lipinski definition) is 3. The smallest absolute Gasteiger partial charge is 0.228 e. The van der Waals surface area contributed by atoms with Gasteiger partial charge in [-0.05, 0) is 36.2 Å². The third kappa shape index (κ3) is 3.02. The van der Waals surface area contributed by atoms with Gasteiger partial charge < -0.3 is 16.0 Å². The van der Waals surface area contributed by atoms with Crippen molar-refractivity contribution in [2.45, 2.75) is 12.8 Å². The Morgan fingerprint density at radius 2 is 1.82 bits per heavy atom. The van der Waals surface area contributed by atoms with Gasteiger partial charge in [0.15, 0.2) is 0 Å². The highest BCUT2D eigenvalue weighted by atomic mass is 16.1. The third-order valence-corrected chi connectivity index (χ3v) is 3.73. The van der Waals surface area contributed by atoms with Crippen molar-refractivity contribution in [3.05, 3.63) is 65.9 Å². The van der Waals surface area contributed by atoms with Crippen LogP contribution in [0.3, 0.4) is 0 Å². The topological polar surface area (TPSA) is 70.9 Å². The average molecular weight is 293 g/mol. The maximum atomic E-state index is 10.8. The molecule has 4 nitrogen and oxygen atoms in total. The van der Waals surface area contributed by atoms with Gasteiger partial charge in [0.25, 0.3) is 0 Å². The number of amides is 1. The summed E-state index contributed by atoms with van der Waals surface area (Å²) < 4.78 is 0. The number of carbonyl (C=O) groups excluding carboxylic acids is 1. The van der Waals surface area contributed by atoms with Crippen molar-refractivity contribution < 1.29 is 4.79 Å². The van der Waals surface area contributed by atoms with E-state index in [1.807, 2.05) is 36.5 Å². The van der Waals surface area contributed by atoms with Crippen LogP contribution in [0.4, 0.5) is 5.69 Å². The van der Waals surface area contributed by atoms with Gasteiger partial charge in [0, 0.05) is 22.8 Å². The van der Waals surface area contributed by atoms with Gasteiger partial charge in [0.2, 0.25) is 5.91 Å². The van der Waals surface area contributed by atoms with Crippen LogP contribution in [0.25, 0.3) is 10.9 Å². The maximum Gasteiger partial charge on any atom is 0.228 e. The first-order chi connectivity index (χ1) is 10.8. The van der Waals surface area contributed by atoms with Crippen molar-refractivity contribution in [3.63, 3.8) is 0 Å². The Morgan fingerprint density at radius 1 is 1.05 bits per heavy atom. The number of hydrogen-bond acceptors (Lipinski definition) is 2. The number of rotatable bonds is 2. The Balaban J connectivity index is 0.000000133. The van der Waals surface area contributed by atoms with Crippen LogP contribution in [0, 0.1) is 0 Å². The molecule has 0 saturated heterocycles. The normalized spacial score (nSPS) is 12.5. The van der Waals surface area contributed by atoms with Crippen LogP contribution in [-0.2, 0) is 17.6 Å². The number of nitrogens with two attached hydrogens (primary N) is 1. The molecule has 4 rings (SSSR count). The van der Waals surface area contributed by atoms with Gasteiger partial charge in [-0.15, -0.1) is 0 Å². The summed E-state index contributed by atoms with van der Waals surface area (Å²) in [6.45, 7) is 0.710. The minimum Gasteiger partial charge on any atom is -0.361 e. The number of fused-ring (bicyclic) bond motifs is 2. The number of para-hydroxylation sites is 2. The highest BCUT2D eigenvalue weighted by molar-refractivity contribution is 5.98. The quantitative estimate of drug-likeness (QED) is 0.680. The molecule has 1 amide bonds. The lowest BCUT2D eigenvalue weighted by atomic mass is 10.1. The summed E-state index contributed by atoms with van der Waals surface area (Å²) in [5, 5.41) is 4.05. The number of benzene rings is 2. The van der Waals surface area contributed by atoms with E-state index in [-0.39, 0.29) is 5.91 Å². The number of aromatic amines is 1. The van der Waals surface area contributed by atoms with E-state index in [9.17, 15) is 4.79 Å². The standard InChI is InChI=1S/C10H12N2.C8H7NO/c11-6-5-8-7-12-10-4-2-1-3-9(8)10;10-8-5-6-3-1-2-4-7(6)9-8/h1-4,7,12H,5-6,11H2;1-4H,5H2,(H,9,10). The number of nitrogens with one attached hydrogen (secondary N) is 2. The number of carbonyl (C=O) groups is 1. The zero-order chi connectivity index (χ0) is 15.4. The van der Waals surface area contributed by atoms with E-state index in [4.69, 9.17) is 5.73 Å². The van der Waals surface area contributed by atoms with Crippen molar-refractivity contribution in [3.8, 4) is 0 Å². The molecule has 4 heteroatoms. The molecule has 1 aliphatic rings. The first-order valence-electron chi connectivity index (χ1n) is 7.41. The Morgan fingerprint density at radius 3 is 2.64 bits per heavy atom. The van der Waals surface area contributed by atoms with Gasteiger partial charge in [0.1, 0.15) is 0 Å². The molecule has 0 bridgehead atoms. The molecule has 112 valence electrons. The molecule has 2 heterocycles. The lowest BCUT2D eigenvalue weighted by Crippen LogP contribution is -2.03. The van der Waals surface area contributed by atoms with E-state index in [1.165, 1.54) is 16.5 Å². The third-order valence-electron chi connectivity index (χ3n) is 3.73. The minimum atomic E-state index is 0.0983. The van der Waals surface area contributed by atoms with E-state index in [0.717, 1.165) is 17.7 Å². The molecule has 0 saturated carbocycles. The molecule has 1 aliphatic heterocycles. The summed E-state index contributed by atoms with van der Waals surface area (Å²) in [4.78, 5) is 14.0. The van der Waals surface area contributed by atoms with E-state index in [0.29, 0.717) is 13.0 Å². The van der Waals surface area contributed by atoms with Gasteiger partial charge in [-0.25, -0.2) is 0 Å². The average Bonchev–Trinajstić information content (AvgIpc) is 3.11. The van der Waals surface area contributed by atoms with Crippen molar-refractivity contribution in [1.82, 2.24) is 4.98 Å². The fourth-order valence-corrected chi connectivity index (χ4v) is 2.66. The van der Waals surface area contributed by atoms with Crippen LogP contribution in [0.2, 0.25) is 0 Å². The van der Waals surface area contributed by atoms with Crippen LogP contribution in [0.15, 0.2) is 54.7 Å². The summed E-state index contributed by atoms with van der Waals surface area (Å²) in [5.74, 6) is 0.0983. The first-order valence-corrected chi connectivity index (χ1v) is 7.41. The molecule has 0 atom stereocenters. The molecular formula is C18H19N3O. The van der Waals surface area contributed by atoms with Crippen LogP contribution >= 0.6 is 0 Å². The highest BCUT2D eigenvalue weighted by Crippen LogP contribution is 2.21. The second kappa shape index (κ2) is 6.45. The summed E-state index contributed by atoms with van der Waals surface area (Å²) in [5.41, 5.74) is 10.1. The molecule has 0 spiro atoms. The van der Waals surface area contributed by atoms with E-state index >= 15 is 0 Å². The molecular weight excluding hydrogens is 274 g/mol. The molecule has 3 aromatic rings. The molecule has 0 fully saturated rings. The number of H-pyrrole nitrogens is 1. The van der Waals surface area contributed by atoms with Crippen LogP contribution in [0.5, 0.6) is 0 Å². The Kier molecular flexibility index (Phi) is 4.21. The Hall–Kier alpha value is -2.59. The number of aromatic nitrogens is 1. The zero-order valence-corrected chi connectivity index (χ0v) is 12.3. The SMILES string of the molecule is NCCc1c[nH]c2ccccc12.O=C1Cc2ccccc2N1. The Bertz CT molecular complexity index is 765. The summed E-state index contributed by atoms with van der Waals surface area (Å²) >= 11 is 0. The van der Waals surface area contributed by atoms with E-state index in [1.54, 1.807) is 0 Å². The van der Waals surface area contributed by atoms with E-state index < -0.39 is 0 Å². The predicted molar refractivity (Wildman–Crippen MR) is 89.8 cm³/mol. The second-order valence-electron chi connectivity index (χ2n) is 5.28.